The third-order valence-electron chi connectivity index (χ3n) is 2.64. The largest absolute Gasteiger partial charge is 0.387 e. The second-order valence-corrected chi connectivity index (χ2v) is 3.88. The molecule has 4 heteroatoms. The number of aryl methyl sites for hydroxylation is 1. The first-order valence-corrected chi connectivity index (χ1v) is 5.34. The second-order valence-electron chi connectivity index (χ2n) is 3.88. The van der Waals surface area contributed by atoms with Gasteiger partial charge in [-0.05, 0) is 19.4 Å². The van der Waals surface area contributed by atoms with E-state index in [1.54, 1.807) is 26.0 Å². The SMILES string of the molecule is Cc1onc(C(C)O)c1-c1ccccc1C=O. The first kappa shape index (κ1) is 11.5. The Bertz CT molecular complexity index is 543. The first-order chi connectivity index (χ1) is 8.15. The van der Waals surface area contributed by atoms with Crippen LogP contribution in [0.4, 0.5) is 0 Å². The molecule has 0 aliphatic carbocycles. The fourth-order valence-corrected chi connectivity index (χ4v) is 1.83. The number of hydrogen-bond donors (Lipinski definition) is 1. The summed E-state index contributed by atoms with van der Waals surface area (Å²) >= 11 is 0. The van der Waals surface area contributed by atoms with E-state index in [0.29, 0.717) is 22.6 Å². The van der Waals surface area contributed by atoms with Gasteiger partial charge in [-0.25, -0.2) is 0 Å². The van der Waals surface area contributed by atoms with Gasteiger partial charge in [-0.3, -0.25) is 4.79 Å². The zero-order valence-electron chi connectivity index (χ0n) is 9.68. The average molecular weight is 231 g/mol. The predicted octanol–water partition coefficient (Wildman–Crippen LogP) is 2.52. The number of nitrogens with zero attached hydrogens (tertiary/aromatic N) is 1. The van der Waals surface area contributed by atoms with Crippen molar-refractivity contribution in [1.29, 1.82) is 0 Å². The van der Waals surface area contributed by atoms with Gasteiger partial charge in [0.05, 0.1) is 11.7 Å². The van der Waals surface area contributed by atoms with Gasteiger partial charge in [0.25, 0.3) is 0 Å². The number of aliphatic hydroxyl groups is 1. The number of aromatic nitrogens is 1. The highest BCUT2D eigenvalue weighted by molar-refractivity contribution is 5.88. The molecule has 2 aromatic rings. The molecule has 1 atom stereocenters. The van der Waals surface area contributed by atoms with Gasteiger partial charge >= 0.3 is 0 Å². The Kier molecular flexibility index (Phi) is 3.06. The van der Waals surface area contributed by atoms with Crippen LogP contribution in [-0.4, -0.2) is 16.5 Å². The smallest absolute Gasteiger partial charge is 0.150 e. The summed E-state index contributed by atoms with van der Waals surface area (Å²) < 4.78 is 5.08. The van der Waals surface area contributed by atoms with Gasteiger partial charge in [-0.1, -0.05) is 29.4 Å². The lowest BCUT2D eigenvalue weighted by atomic mass is 9.97. The molecule has 2 rings (SSSR count). The van der Waals surface area contributed by atoms with E-state index in [0.717, 1.165) is 11.8 Å². The predicted molar refractivity (Wildman–Crippen MR) is 62.7 cm³/mol. The molecule has 1 aromatic heterocycles. The molecular formula is C13H13NO3. The normalized spacial score (nSPS) is 12.4. The van der Waals surface area contributed by atoms with Crippen molar-refractivity contribution in [2.75, 3.05) is 0 Å². The van der Waals surface area contributed by atoms with Crippen LogP contribution in [0.3, 0.4) is 0 Å². The van der Waals surface area contributed by atoms with E-state index in [2.05, 4.69) is 5.16 Å². The highest BCUT2D eigenvalue weighted by Crippen LogP contribution is 2.32. The lowest BCUT2D eigenvalue weighted by molar-refractivity contribution is 0.112. The van der Waals surface area contributed by atoms with Gasteiger partial charge in [0.1, 0.15) is 11.5 Å². The molecule has 88 valence electrons. The number of hydrogen-bond acceptors (Lipinski definition) is 4. The summed E-state index contributed by atoms with van der Waals surface area (Å²) in [5, 5.41) is 13.5. The summed E-state index contributed by atoms with van der Waals surface area (Å²) in [6.45, 7) is 3.38. The van der Waals surface area contributed by atoms with Crippen molar-refractivity contribution in [3.63, 3.8) is 0 Å². The summed E-state index contributed by atoms with van der Waals surface area (Å²) in [6.07, 6.45) is 0.0512. The zero-order chi connectivity index (χ0) is 12.4. The summed E-state index contributed by atoms with van der Waals surface area (Å²) in [6, 6.07) is 7.16. The van der Waals surface area contributed by atoms with Gasteiger partial charge in [0.2, 0.25) is 0 Å². The van der Waals surface area contributed by atoms with Crippen LogP contribution in [0, 0.1) is 6.92 Å². The van der Waals surface area contributed by atoms with Crippen molar-refractivity contribution in [3.05, 3.63) is 41.3 Å². The average Bonchev–Trinajstić information content (AvgIpc) is 2.71. The molecule has 1 unspecified atom stereocenters. The minimum Gasteiger partial charge on any atom is -0.387 e. The molecule has 17 heavy (non-hydrogen) atoms. The fourth-order valence-electron chi connectivity index (χ4n) is 1.83. The van der Waals surface area contributed by atoms with Crippen LogP contribution in [0.15, 0.2) is 28.8 Å². The van der Waals surface area contributed by atoms with Crippen LogP contribution in [0.25, 0.3) is 11.1 Å². The van der Waals surface area contributed by atoms with Crippen molar-refractivity contribution in [1.82, 2.24) is 5.16 Å². The standard InChI is InChI=1S/C13H13NO3/c1-8(16)13-12(9(2)17-14-13)11-6-4-3-5-10(11)7-15/h3-8,16H,1-2H3. The lowest BCUT2D eigenvalue weighted by Crippen LogP contribution is -1.96. The van der Waals surface area contributed by atoms with E-state index in [1.807, 2.05) is 12.1 Å². The van der Waals surface area contributed by atoms with E-state index in [-0.39, 0.29) is 0 Å². The molecule has 0 aliphatic rings. The van der Waals surface area contributed by atoms with E-state index in [4.69, 9.17) is 4.52 Å². The molecule has 0 amide bonds. The summed E-state index contributed by atoms with van der Waals surface area (Å²) in [7, 11) is 0. The van der Waals surface area contributed by atoms with Crippen LogP contribution in [0.1, 0.15) is 34.8 Å². The molecule has 0 saturated heterocycles. The van der Waals surface area contributed by atoms with Crippen molar-refractivity contribution >= 4 is 6.29 Å². The third-order valence-corrected chi connectivity index (χ3v) is 2.64. The Morgan fingerprint density at radius 2 is 2.12 bits per heavy atom. The van der Waals surface area contributed by atoms with E-state index < -0.39 is 6.10 Å². The maximum absolute atomic E-state index is 11.0. The Balaban J connectivity index is 2.67. The second kappa shape index (κ2) is 4.51. The molecule has 4 nitrogen and oxygen atoms in total. The molecule has 0 spiro atoms. The molecule has 0 fully saturated rings. The van der Waals surface area contributed by atoms with Gasteiger partial charge < -0.3 is 9.63 Å². The van der Waals surface area contributed by atoms with Crippen molar-refractivity contribution in [2.45, 2.75) is 20.0 Å². The Labute approximate surface area is 98.9 Å². The lowest BCUT2D eigenvalue weighted by Gasteiger charge is -2.06. The number of carbonyl (C=O) groups excluding carboxylic acids is 1. The Morgan fingerprint density at radius 3 is 2.76 bits per heavy atom. The minimum absolute atomic E-state index is 0.455. The first-order valence-electron chi connectivity index (χ1n) is 5.34. The molecule has 1 heterocycles. The summed E-state index contributed by atoms with van der Waals surface area (Å²) in [5.41, 5.74) is 2.44. The van der Waals surface area contributed by atoms with Gasteiger partial charge in [0.15, 0.2) is 6.29 Å². The molecule has 0 aliphatic heterocycles. The summed E-state index contributed by atoms with van der Waals surface area (Å²) in [5.74, 6) is 0.593. The minimum atomic E-state index is -0.734. The van der Waals surface area contributed by atoms with Gasteiger partial charge in [0, 0.05) is 5.56 Å². The molecule has 0 radical (unpaired) electrons. The molecule has 0 bridgehead atoms. The van der Waals surface area contributed by atoms with E-state index in [1.165, 1.54) is 0 Å². The Morgan fingerprint density at radius 1 is 1.41 bits per heavy atom. The van der Waals surface area contributed by atoms with Crippen molar-refractivity contribution < 1.29 is 14.4 Å². The molecule has 0 saturated carbocycles. The number of benzene rings is 1. The maximum Gasteiger partial charge on any atom is 0.150 e. The van der Waals surface area contributed by atoms with E-state index in [9.17, 15) is 9.90 Å². The molecule has 1 N–H and O–H groups in total. The number of aliphatic hydroxyl groups excluding tert-OH is 1. The molecular weight excluding hydrogens is 218 g/mol. The number of carbonyl (C=O) groups is 1. The van der Waals surface area contributed by atoms with Crippen molar-refractivity contribution in [2.24, 2.45) is 0 Å². The van der Waals surface area contributed by atoms with Gasteiger partial charge in [-0.15, -0.1) is 0 Å². The highest BCUT2D eigenvalue weighted by atomic mass is 16.5. The monoisotopic (exact) mass is 231 g/mol. The fraction of sp³-hybridized carbons (Fsp3) is 0.231. The third kappa shape index (κ3) is 1.99. The topological polar surface area (TPSA) is 63.3 Å². The number of rotatable bonds is 3. The van der Waals surface area contributed by atoms with Crippen LogP contribution in [0.5, 0.6) is 0 Å². The van der Waals surface area contributed by atoms with Crippen LogP contribution in [0.2, 0.25) is 0 Å². The molecule has 1 aromatic carbocycles. The van der Waals surface area contributed by atoms with Crippen LogP contribution >= 0.6 is 0 Å². The summed E-state index contributed by atoms with van der Waals surface area (Å²) in [4.78, 5) is 11.0. The van der Waals surface area contributed by atoms with Crippen LogP contribution < -0.4 is 0 Å². The van der Waals surface area contributed by atoms with Crippen LogP contribution in [-0.2, 0) is 0 Å². The van der Waals surface area contributed by atoms with Gasteiger partial charge in [-0.2, -0.15) is 0 Å². The quantitative estimate of drug-likeness (QED) is 0.824. The highest BCUT2D eigenvalue weighted by Gasteiger charge is 2.20. The number of aldehydes is 1. The Hall–Kier alpha value is -1.94. The zero-order valence-corrected chi connectivity index (χ0v) is 9.68. The van der Waals surface area contributed by atoms with E-state index >= 15 is 0 Å². The van der Waals surface area contributed by atoms with Crippen molar-refractivity contribution in [3.8, 4) is 11.1 Å². The maximum atomic E-state index is 11.0.